The van der Waals surface area contributed by atoms with Gasteiger partial charge in [-0.05, 0) is 30.5 Å². The van der Waals surface area contributed by atoms with E-state index in [-0.39, 0.29) is 24.3 Å². The zero-order valence-electron chi connectivity index (χ0n) is 13.6. The van der Waals surface area contributed by atoms with Crippen LogP contribution >= 0.6 is 15.9 Å². The highest BCUT2D eigenvalue weighted by molar-refractivity contribution is 9.10. The molecule has 1 heterocycles. The third-order valence-electron chi connectivity index (χ3n) is 3.77. The summed E-state index contributed by atoms with van der Waals surface area (Å²) in [5, 5.41) is 0. The number of imide groups is 1. The first-order valence-electron chi connectivity index (χ1n) is 7.71. The van der Waals surface area contributed by atoms with Gasteiger partial charge in [-0.15, -0.1) is 0 Å². The van der Waals surface area contributed by atoms with Gasteiger partial charge in [-0.3, -0.25) is 19.3 Å². The molecule has 23 heavy (non-hydrogen) atoms. The van der Waals surface area contributed by atoms with Crippen LogP contribution in [0, 0.1) is 5.92 Å². The molecule has 0 saturated heterocycles. The number of nitrogens with zero attached hydrogens (tertiary/aromatic N) is 2. The maximum atomic E-state index is 12.3. The molecule has 124 valence electrons. The number of hydrogen-bond donors (Lipinski definition) is 0. The third-order valence-corrected chi connectivity index (χ3v) is 4.26. The van der Waals surface area contributed by atoms with Gasteiger partial charge in [0.25, 0.3) is 11.8 Å². The molecule has 5 nitrogen and oxygen atoms in total. The van der Waals surface area contributed by atoms with Gasteiger partial charge in [0.05, 0.1) is 11.1 Å². The molecule has 0 bridgehead atoms. The third kappa shape index (κ3) is 3.99. The van der Waals surface area contributed by atoms with Crippen LogP contribution in [-0.4, -0.2) is 47.7 Å². The first-order chi connectivity index (χ1) is 10.8. The van der Waals surface area contributed by atoms with Crippen LogP contribution in [0.3, 0.4) is 0 Å². The molecular weight excluding hydrogens is 360 g/mol. The SMILES string of the molecule is CC(C)CN(C)C(=O)CCCN1C(=O)c2ccc(Br)cc2C1=O. The smallest absolute Gasteiger partial charge is 0.261 e. The highest BCUT2D eigenvalue weighted by Gasteiger charge is 2.35. The van der Waals surface area contributed by atoms with Crippen LogP contribution in [0.1, 0.15) is 47.4 Å². The summed E-state index contributed by atoms with van der Waals surface area (Å²) in [6.07, 6.45) is 0.814. The van der Waals surface area contributed by atoms with Gasteiger partial charge in [-0.2, -0.15) is 0 Å². The molecule has 0 aliphatic carbocycles. The van der Waals surface area contributed by atoms with Crippen LogP contribution < -0.4 is 0 Å². The van der Waals surface area contributed by atoms with Crippen LogP contribution in [-0.2, 0) is 4.79 Å². The van der Waals surface area contributed by atoms with Crippen molar-refractivity contribution in [1.29, 1.82) is 0 Å². The van der Waals surface area contributed by atoms with Crippen LogP contribution in [0.5, 0.6) is 0 Å². The van der Waals surface area contributed by atoms with Crippen molar-refractivity contribution in [2.75, 3.05) is 20.1 Å². The molecule has 1 aliphatic heterocycles. The van der Waals surface area contributed by atoms with Gasteiger partial charge < -0.3 is 4.90 Å². The number of rotatable bonds is 6. The van der Waals surface area contributed by atoms with E-state index in [0.717, 1.165) is 4.47 Å². The summed E-state index contributed by atoms with van der Waals surface area (Å²) in [6, 6.07) is 5.07. The molecule has 2 rings (SSSR count). The summed E-state index contributed by atoms with van der Waals surface area (Å²) in [7, 11) is 1.78. The molecule has 0 atom stereocenters. The summed E-state index contributed by atoms with van der Waals surface area (Å²) in [4.78, 5) is 39.5. The van der Waals surface area contributed by atoms with Crippen LogP contribution in [0.2, 0.25) is 0 Å². The average Bonchev–Trinajstić information content (AvgIpc) is 2.70. The lowest BCUT2D eigenvalue weighted by Crippen LogP contribution is -2.33. The van der Waals surface area contributed by atoms with E-state index < -0.39 is 0 Å². The molecule has 0 N–H and O–H groups in total. The fourth-order valence-corrected chi connectivity index (χ4v) is 3.06. The quantitative estimate of drug-likeness (QED) is 0.712. The molecule has 1 aliphatic rings. The Hall–Kier alpha value is -1.69. The van der Waals surface area contributed by atoms with Crippen molar-refractivity contribution in [2.24, 2.45) is 5.92 Å². The molecule has 0 radical (unpaired) electrons. The van der Waals surface area contributed by atoms with E-state index in [4.69, 9.17) is 0 Å². The molecular formula is C17H21BrN2O3. The Morgan fingerprint density at radius 1 is 1.22 bits per heavy atom. The Kier molecular flexibility index (Phi) is 5.57. The molecule has 0 saturated carbocycles. The van der Waals surface area contributed by atoms with Crippen molar-refractivity contribution in [2.45, 2.75) is 26.7 Å². The lowest BCUT2D eigenvalue weighted by atomic mass is 10.1. The second-order valence-corrected chi connectivity index (χ2v) is 7.14. The molecule has 1 aromatic carbocycles. The van der Waals surface area contributed by atoms with Crippen molar-refractivity contribution >= 4 is 33.7 Å². The van der Waals surface area contributed by atoms with Gasteiger partial charge in [-0.1, -0.05) is 29.8 Å². The first kappa shape index (κ1) is 17.7. The van der Waals surface area contributed by atoms with Gasteiger partial charge in [0.15, 0.2) is 0 Å². The van der Waals surface area contributed by atoms with Gasteiger partial charge in [-0.25, -0.2) is 0 Å². The van der Waals surface area contributed by atoms with E-state index >= 15 is 0 Å². The van der Waals surface area contributed by atoms with Gasteiger partial charge in [0, 0.05) is 31.0 Å². The van der Waals surface area contributed by atoms with Gasteiger partial charge in [0.1, 0.15) is 0 Å². The summed E-state index contributed by atoms with van der Waals surface area (Å²) in [5.41, 5.74) is 0.856. The summed E-state index contributed by atoms with van der Waals surface area (Å²) in [5.74, 6) is -0.105. The molecule has 0 fully saturated rings. The molecule has 1 aromatic rings. The van der Waals surface area contributed by atoms with Crippen molar-refractivity contribution in [3.63, 3.8) is 0 Å². The fraction of sp³-hybridized carbons (Fsp3) is 0.471. The molecule has 0 aromatic heterocycles. The summed E-state index contributed by atoms with van der Waals surface area (Å²) < 4.78 is 0.768. The Morgan fingerprint density at radius 3 is 2.52 bits per heavy atom. The van der Waals surface area contributed by atoms with Crippen molar-refractivity contribution < 1.29 is 14.4 Å². The predicted octanol–water partition coefficient (Wildman–Crippen LogP) is 2.94. The topological polar surface area (TPSA) is 57.7 Å². The minimum Gasteiger partial charge on any atom is -0.346 e. The molecule has 6 heteroatoms. The highest BCUT2D eigenvalue weighted by atomic mass is 79.9. The number of hydrogen-bond acceptors (Lipinski definition) is 3. The Morgan fingerprint density at radius 2 is 1.87 bits per heavy atom. The molecule has 0 unspecified atom stereocenters. The number of benzene rings is 1. The second-order valence-electron chi connectivity index (χ2n) is 6.22. The number of carbonyl (C=O) groups is 3. The maximum Gasteiger partial charge on any atom is 0.261 e. The highest BCUT2D eigenvalue weighted by Crippen LogP contribution is 2.26. The largest absolute Gasteiger partial charge is 0.346 e. The van der Waals surface area contributed by atoms with Gasteiger partial charge >= 0.3 is 0 Å². The lowest BCUT2D eigenvalue weighted by Gasteiger charge is -2.20. The standard InChI is InChI=1S/C17H21BrN2O3/c1-11(2)10-19(3)15(21)5-4-8-20-16(22)13-7-6-12(18)9-14(13)17(20)23/h6-7,9,11H,4-5,8,10H2,1-3H3. The molecule has 3 amide bonds. The second kappa shape index (κ2) is 7.25. The van der Waals surface area contributed by atoms with Crippen LogP contribution in [0.25, 0.3) is 0 Å². The number of halogens is 1. The fourth-order valence-electron chi connectivity index (χ4n) is 2.69. The van der Waals surface area contributed by atoms with E-state index in [1.54, 1.807) is 30.1 Å². The van der Waals surface area contributed by atoms with Gasteiger partial charge in [0.2, 0.25) is 5.91 Å². The number of amides is 3. The van der Waals surface area contributed by atoms with Crippen molar-refractivity contribution in [1.82, 2.24) is 9.80 Å². The minimum absolute atomic E-state index is 0.0399. The monoisotopic (exact) mass is 380 g/mol. The van der Waals surface area contributed by atoms with Crippen molar-refractivity contribution in [3.8, 4) is 0 Å². The molecule has 0 spiro atoms. The van der Waals surface area contributed by atoms with E-state index in [1.807, 2.05) is 0 Å². The maximum absolute atomic E-state index is 12.3. The number of fused-ring (bicyclic) bond motifs is 1. The zero-order valence-corrected chi connectivity index (χ0v) is 15.2. The normalized spacial score (nSPS) is 13.7. The van der Waals surface area contributed by atoms with E-state index in [0.29, 0.717) is 36.4 Å². The Labute approximate surface area is 144 Å². The van der Waals surface area contributed by atoms with Crippen LogP contribution in [0.4, 0.5) is 0 Å². The summed E-state index contributed by atoms with van der Waals surface area (Å²) in [6.45, 7) is 5.09. The average molecular weight is 381 g/mol. The van der Waals surface area contributed by atoms with E-state index in [9.17, 15) is 14.4 Å². The zero-order chi connectivity index (χ0) is 17.1. The summed E-state index contributed by atoms with van der Waals surface area (Å²) >= 11 is 3.31. The minimum atomic E-state index is -0.283. The van der Waals surface area contributed by atoms with E-state index in [1.165, 1.54) is 4.90 Å². The predicted molar refractivity (Wildman–Crippen MR) is 91.2 cm³/mol. The Bertz CT molecular complexity index is 643. The van der Waals surface area contributed by atoms with Crippen molar-refractivity contribution in [3.05, 3.63) is 33.8 Å². The lowest BCUT2D eigenvalue weighted by molar-refractivity contribution is -0.130. The first-order valence-corrected chi connectivity index (χ1v) is 8.50. The van der Waals surface area contributed by atoms with E-state index in [2.05, 4.69) is 29.8 Å². The Balaban J connectivity index is 1.92. The van der Waals surface area contributed by atoms with Crippen LogP contribution in [0.15, 0.2) is 22.7 Å². The number of carbonyl (C=O) groups excluding carboxylic acids is 3.